The zero-order chi connectivity index (χ0) is 12.3. The molecule has 1 rings (SSSR count). The van der Waals surface area contributed by atoms with E-state index >= 15 is 0 Å². The Balaban J connectivity index is 2.84. The van der Waals surface area contributed by atoms with Crippen LogP contribution < -0.4 is 10.0 Å². The van der Waals surface area contributed by atoms with Crippen LogP contribution >= 0.6 is 27.3 Å². The minimum Gasteiger partial charge on any atom is -0.358 e. The van der Waals surface area contributed by atoms with Crippen LogP contribution in [0.5, 0.6) is 0 Å². The summed E-state index contributed by atoms with van der Waals surface area (Å²) in [7, 11) is -2.16. The number of amides is 1. The smallest absolute Gasteiger partial charge is 0.250 e. The van der Waals surface area contributed by atoms with Crippen LogP contribution in [0.3, 0.4) is 0 Å². The summed E-state index contributed by atoms with van der Waals surface area (Å²) in [5, 5.41) is 2.37. The van der Waals surface area contributed by atoms with Crippen molar-refractivity contribution in [2.45, 2.75) is 17.2 Å². The first-order valence-corrected chi connectivity index (χ1v) is 7.45. The summed E-state index contributed by atoms with van der Waals surface area (Å²) in [5.74, 6) is -0.376. The molecule has 0 aliphatic rings. The van der Waals surface area contributed by atoms with Gasteiger partial charge in [0.15, 0.2) is 0 Å². The molecule has 1 atom stereocenters. The molecule has 1 aromatic rings. The number of hydrogen-bond acceptors (Lipinski definition) is 4. The van der Waals surface area contributed by atoms with Crippen LogP contribution in [0.2, 0.25) is 0 Å². The van der Waals surface area contributed by atoms with Gasteiger partial charge in [0.1, 0.15) is 4.21 Å². The standard InChI is InChI=1S/C8H11BrN2O3S2/c1-5(8(12)10-2)11-16(13,14)7-4-3-6(9)15-7/h3-5,11H,1-2H3,(H,10,12). The van der Waals surface area contributed by atoms with E-state index in [4.69, 9.17) is 0 Å². The predicted molar refractivity (Wildman–Crippen MR) is 65.9 cm³/mol. The van der Waals surface area contributed by atoms with Gasteiger partial charge in [-0.15, -0.1) is 11.3 Å². The van der Waals surface area contributed by atoms with E-state index in [1.807, 2.05) is 0 Å². The summed E-state index contributed by atoms with van der Waals surface area (Å²) < 4.78 is 26.7. The minimum absolute atomic E-state index is 0.176. The maximum atomic E-state index is 11.8. The van der Waals surface area contributed by atoms with Gasteiger partial charge in [0.25, 0.3) is 10.0 Å². The number of nitrogens with one attached hydrogen (secondary N) is 2. The Hall–Kier alpha value is -0.440. The van der Waals surface area contributed by atoms with Crippen LogP contribution in [0.1, 0.15) is 6.92 Å². The third kappa shape index (κ3) is 3.27. The summed E-state index contributed by atoms with van der Waals surface area (Å²) in [5.41, 5.74) is 0. The molecule has 0 saturated heterocycles. The molecular formula is C8H11BrN2O3S2. The minimum atomic E-state index is -3.62. The average molecular weight is 327 g/mol. The van der Waals surface area contributed by atoms with Crippen LogP contribution in [-0.2, 0) is 14.8 Å². The van der Waals surface area contributed by atoms with Crippen LogP contribution in [-0.4, -0.2) is 27.4 Å². The average Bonchev–Trinajstić information content (AvgIpc) is 2.63. The van der Waals surface area contributed by atoms with Gasteiger partial charge in [0, 0.05) is 7.05 Å². The predicted octanol–water partition coefficient (Wildman–Crippen LogP) is 0.923. The van der Waals surface area contributed by atoms with Gasteiger partial charge in [-0.25, -0.2) is 8.42 Å². The highest BCUT2D eigenvalue weighted by Crippen LogP contribution is 2.25. The molecule has 1 heterocycles. The highest BCUT2D eigenvalue weighted by molar-refractivity contribution is 9.11. The lowest BCUT2D eigenvalue weighted by Gasteiger charge is -2.11. The number of halogens is 1. The molecule has 2 N–H and O–H groups in total. The third-order valence-corrected chi connectivity index (χ3v) is 5.44. The molecule has 8 heteroatoms. The van der Waals surface area contributed by atoms with Gasteiger partial charge in [-0.3, -0.25) is 4.79 Å². The van der Waals surface area contributed by atoms with Crippen LogP contribution in [0.4, 0.5) is 0 Å². The molecule has 90 valence electrons. The molecule has 1 amide bonds. The molecule has 0 aliphatic carbocycles. The van der Waals surface area contributed by atoms with Gasteiger partial charge in [0.2, 0.25) is 5.91 Å². The van der Waals surface area contributed by atoms with E-state index in [0.717, 1.165) is 15.1 Å². The largest absolute Gasteiger partial charge is 0.358 e. The van der Waals surface area contributed by atoms with Crippen molar-refractivity contribution >= 4 is 43.2 Å². The summed E-state index contributed by atoms with van der Waals surface area (Å²) in [6.07, 6.45) is 0. The number of hydrogen-bond donors (Lipinski definition) is 2. The number of carbonyl (C=O) groups excluding carboxylic acids is 1. The Morgan fingerprint density at radius 2 is 2.12 bits per heavy atom. The molecule has 5 nitrogen and oxygen atoms in total. The molecule has 0 bridgehead atoms. The maximum absolute atomic E-state index is 11.8. The van der Waals surface area contributed by atoms with Crippen molar-refractivity contribution < 1.29 is 13.2 Å². The van der Waals surface area contributed by atoms with Gasteiger partial charge in [-0.05, 0) is 35.0 Å². The Morgan fingerprint density at radius 1 is 1.50 bits per heavy atom. The Kier molecular flexibility index (Phi) is 4.48. The van der Waals surface area contributed by atoms with Crippen LogP contribution in [0.25, 0.3) is 0 Å². The second-order valence-electron chi connectivity index (χ2n) is 3.02. The second-order valence-corrected chi connectivity index (χ2v) is 7.42. The van der Waals surface area contributed by atoms with E-state index in [2.05, 4.69) is 26.0 Å². The zero-order valence-corrected chi connectivity index (χ0v) is 11.9. The Labute approximate surface area is 106 Å². The van der Waals surface area contributed by atoms with Gasteiger partial charge in [-0.2, -0.15) is 4.72 Å². The highest BCUT2D eigenvalue weighted by atomic mass is 79.9. The molecule has 0 aliphatic heterocycles. The van der Waals surface area contributed by atoms with E-state index in [1.165, 1.54) is 20.0 Å². The molecule has 0 aromatic carbocycles. The number of rotatable bonds is 4. The van der Waals surface area contributed by atoms with E-state index in [9.17, 15) is 13.2 Å². The normalized spacial score (nSPS) is 13.4. The number of sulfonamides is 1. The summed E-state index contributed by atoms with van der Waals surface area (Å²) in [6, 6.07) is 2.33. The highest BCUT2D eigenvalue weighted by Gasteiger charge is 2.22. The van der Waals surface area contributed by atoms with E-state index < -0.39 is 16.1 Å². The van der Waals surface area contributed by atoms with Crippen molar-refractivity contribution in [2.24, 2.45) is 0 Å². The SMILES string of the molecule is CNC(=O)C(C)NS(=O)(=O)c1ccc(Br)s1. The van der Waals surface area contributed by atoms with Crippen molar-refractivity contribution in [1.82, 2.24) is 10.0 Å². The van der Waals surface area contributed by atoms with Gasteiger partial charge in [0.05, 0.1) is 9.83 Å². The topological polar surface area (TPSA) is 75.3 Å². The van der Waals surface area contributed by atoms with Gasteiger partial charge >= 0.3 is 0 Å². The molecule has 16 heavy (non-hydrogen) atoms. The lowest BCUT2D eigenvalue weighted by Crippen LogP contribution is -2.43. The fraction of sp³-hybridized carbons (Fsp3) is 0.375. The lowest BCUT2D eigenvalue weighted by atomic mass is 10.3. The number of thiophene rings is 1. The van der Waals surface area contributed by atoms with Crippen molar-refractivity contribution in [3.63, 3.8) is 0 Å². The third-order valence-electron chi connectivity index (χ3n) is 1.79. The monoisotopic (exact) mass is 326 g/mol. The fourth-order valence-electron chi connectivity index (χ4n) is 1.00. The number of likely N-dealkylation sites (N-methyl/N-ethyl adjacent to an activating group) is 1. The first-order valence-electron chi connectivity index (χ1n) is 4.36. The Morgan fingerprint density at radius 3 is 2.56 bits per heavy atom. The van der Waals surface area contributed by atoms with Crippen molar-refractivity contribution in [3.8, 4) is 0 Å². The number of carbonyl (C=O) groups is 1. The fourth-order valence-corrected chi connectivity index (χ4v) is 4.23. The summed E-state index contributed by atoms with van der Waals surface area (Å²) in [6.45, 7) is 1.49. The van der Waals surface area contributed by atoms with Crippen LogP contribution in [0, 0.1) is 0 Å². The molecule has 0 spiro atoms. The molecule has 0 fully saturated rings. The lowest BCUT2D eigenvalue weighted by molar-refractivity contribution is -0.121. The quantitative estimate of drug-likeness (QED) is 0.864. The van der Waals surface area contributed by atoms with E-state index in [-0.39, 0.29) is 10.1 Å². The molecule has 0 saturated carbocycles. The molecular weight excluding hydrogens is 316 g/mol. The van der Waals surface area contributed by atoms with E-state index in [0.29, 0.717) is 0 Å². The van der Waals surface area contributed by atoms with Crippen molar-refractivity contribution in [2.75, 3.05) is 7.05 Å². The molecule has 0 radical (unpaired) electrons. The van der Waals surface area contributed by atoms with Gasteiger partial charge < -0.3 is 5.32 Å². The van der Waals surface area contributed by atoms with E-state index in [1.54, 1.807) is 6.07 Å². The van der Waals surface area contributed by atoms with Crippen LogP contribution in [0.15, 0.2) is 20.1 Å². The Bertz CT molecular complexity index is 483. The van der Waals surface area contributed by atoms with Crippen molar-refractivity contribution in [1.29, 1.82) is 0 Å². The molecule has 1 unspecified atom stereocenters. The second kappa shape index (κ2) is 5.26. The molecule has 1 aromatic heterocycles. The van der Waals surface area contributed by atoms with Crippen molar-refractivity contribution in [3.05, 3.63) is 15.9 Å². The van der Waals surface area contributed by atoms with Gasteiger partial charge in [-0.1, -0.05) is 0 Å². The first kappa shape index (κ1) is 13.6. The summed E-state index contributed by atoms with van der Waals surface area (Å²) in [4.78, 5) is 11.2. The summed E-state index contributed by atoms with van der Waals surface area (Å²) >= 11 is 4.27. The zero-order valence-electron chi connectivity index (χ0n) is 8.65. The maximum Gasteiger partial charge on any atom is 0.250 e. The first-order chi connectivity index (χ1) is 7.36.